The van der Waals surface area contributed by atoms with Crippen LogP contribution in [0.15, 0.2) is 36.7 Å². The van der Waals surface area contributed by atoms with Gasteiger partial charge in [0.25, 0.3) is 0 Å². The second-order valence-electron chi connectivity index (χ2n) is 8.58. The van der Waals surface area contributed by atoms with E-state index >= 15 is 4.39 Å². The lowest BCUT2D eigenvalue weighted by Gasteiger charge is -2.47. The fourth-order valence-electron chi connectivity index (χ4n) is 5.33. The molecular formula is C24H22F2N4S. The maximum atomic E-state index is 15.6. The van der Waals surface area contributed by atoms with Gasteiger partial charge in [-0.05, 0) is 79.1 Å². The van der Waals surface area contributed by atoms with E-state index in [1.54, 1.807) is 6.07 Å². The predicted molar refractivity (Wildman–Crippen MR) is 122 cm³/mol. The van der Waals surface area contributed by atoms with Gasteiger partial charge in [0.15, 0.2) is 0 Å². The van der Waals surface area contributed by atoms with Gasteiger partial charge in [-0.25, -0.2) is 8.78 Å². The van der Waals surface area contributed by atoms with Crippen LogP contribution in [0.2, 0.25) is 0 Å². The third kappa shape index (κ3) is 2.44. The van der Waals surface area contributed by atoms with Gasteiger partial charge in [-0.1, -0.05) is 0 Å². The average molecular weight is 437 g/mol. The Balaban J connectivity index is 1.66. The van der Waals surface area contributed by atoms with Gasteiger partial charge < -0.3 is 5.32 Å². The van der Waals surface area contributed by atoms with E-state index in [4.69, 9.17) is 0 Å². The molecule has 0 bridgehead atoms. The number of halogens is 2. The Hall–Kier alpha value is -2.80. The Kier molecular flexibility index (Phi) is 3.88. The van der Waals surface area contributed by atoms with Gasteiger partial charge in [-0.3, -0.25) is 8.65 Å². The second kappa shape index (κ2) is 6.36. The molecule has 31 heavy (non-hydrogen) atoms. The Bertz CT molecular complexity index is 1380. The largest absolute Gasteiger partial charge is 0.372 e. The lowest BCUT2D eigenvalue weighted by Crippen LogP contribution is -2.44. The summed E-state index contributed by atoms with van der Waals surface area (Å²) < 4.78 is 34.0. The third-order valence-corrected chi connectivity index (χ3v) is 7.74. The number of fused-ring (bicyclic) bond motifs is 5. The number of benzene rings is 2. The summed E-state index contributed by atoms with van der Waals surface area (Å²) in [5.41, 5.74) is 6.34. The summed E-state index contributed by atoms with van der Waals surface area (Å²) in [7, 11) is 1.91. The van der Waals surface area contributed by atoms with Crippen molar-refractivity contribution >= 4 is 28.5 Å². The topological polar surface area (TPSA) is 34.8 Å². The second-order valence-corrected chi connectivity index (χ2v) is 9.34. The number of nitrogens with one attached hydrogen (secondary N) is 1. The van der Waals surface area contributed by atoms with Gasteiger partial charge in [0.1, 0.15) is 11.6 Å². The molecule has 2 aromatic heterocycles. The first-order valence-electron chi connectivity index (χ1n) is 10.4. The fraction of sp³-hybridized carbons (Fsp3) is 0.292. The van der Waals surface area contributed by atoms with Gasteiger partial charge >= 0.3 is 0 Å². The van der Waals surface area contributed by atoms with Crippen LogP contribution in [0.4, 0.5) is 14.5 Å². The molecule has 6 rings (SSSR count). The number of rotatable bonds is 2. The molecule has 1 saturated carbocycles. The van der Waals surface area contributed by atoms with E-state index in [0.717, 1.165) is 52.5 Å². The third-order valence-electron chi connectivity index (χ3n) is 7.03. The van der Waals surface area contributed by atoms with Crippen molar-refractivity contribution in [2.45, 2.75) is 31.7 Å². The molecule has 2 aromatic carbocycles. The molecule has 158 valence electrons. The molecular weight excluding hydrogens is 414 g/mol. The first-order chi connectivity index (χ1) is 14.9. The van der Waals surface area contributed by atoms with Crippen LogP contribution in [-0.2, 0) is 12.6 Å². The molecule has 0 amide bonds. The summed E-state index contributed by atoms with van der Waals surface area (Å²) >= 11 is 1.50. The molecule has 1 N–H and O–H groups in total. The van der Waals surface area contributed by atoms with Crippen molar-refractivity contribution in [2.75, 3.05) is 11.6 Å². The molecule has 1 spiro atoms. The molecule has 0 saturated heterocycles. The molecule has 2 aliphatic rings. The number of aryl methyl sites for hydroxylation is 1. The smallest absolute Gasteiger partial charge is 0.147 e. The lowest BCUT2D eigenvalue weighted by molar-refractivity contribution is 0.282. The molecule has 3 heterocycles. The van der Waals surface area contributed by atoms with Crippen molar-refractivity contribution in [3.05, 3.63) is 59.4 Å². The van der Waals surface area contributed by atoms with E-state index in [1.807, 2.05) is 47.3 Å². The molecule has 1 aliphatic heterocycles. The molecule has 4 aromatic rings. The van der Waals surface area contributed by atoms with Crippen LogP contribution < -0.4 is 5.32 Å². The van der Waals surface area contributed by atoms with E-state index in [1.165, 1.54) is 24.1 Å². The van der Waals surface area contributed by atoms with Gasteiger partial charge in [-0.2, -0.15) is 5.10 Å². The predicted octanol–water partition coefficient (Wildman–Crippen LogP) is 6.23. The maximum Gasteiger partial charge on any atom is 0.147 e. The van der Waals surface area contributed by atoms with E-state index in [9.17, 15) is 4.39 Å². The van der Waals surface area contributed by atoms with Crippen LogP contribution >= 0.6 is 11.9 Å². The number of nitrogens with zero attached hydrogens (tertiary/aromatic N) is 3. The van der Waals surface area contributed by atoms with Crippen molar-refractivity contribution in [1.82, 2.24) is 13.8 Å². The number of hydrogen-bond donors (Lipinski definition) is 1. The van der Waals surface area contributed by atoms with Crippen LogP contribution in [0.1, 0.15) is 30.4 Å². The number of anilines is 1. The summed E-state index contributed by atoms with van der Waals surface area (Å²) in [5, 5.41) is 8.94. The highest BCUT2D eigenvalue weighted by atomic mass is 32.2. The maximum absolute atomic E-state index is 15.6. The van der Waals surface area contributed by atoms with Crippen LogP contribution in [-0.4, -0.2) is 20.0 Å². The van der Waals surface area contributed by atoms with Crippen LogP contribution in [0.25, 0.3) is 33.3 Å². The zero-order valence-electron chi connectivity index (χ0n) is 17.6. The first-order valence-corrected chi connectivity index (χ1v) is 11.6. The molecule has 1 aliphatic carbocycles. The van der Waals surface area contributed by atoms with Crippen molar-refractivity contribution in [1.29, 1.82) is 0 Å². The zero-order valence-corrected chi connectivity index (χ0v) is 18.4. The minimum atomic E-state index is -0.332. The lowest BCUT2D eigenvalue weighted by atomic mass is 9.68. The monoisotopic (exact) mass is 436 g/mol. The molecule has 0 atom stereocenters. The Morgan fingerprint density at radius 3 is 2.68 bits per heavy atom. The van der Waals surface area contributed by atoms with Crippen molar-refractivity contribution < 1.29 is 8.78 Å². The molecule has 0 unspecified atom stereocenters. The van der Waals surface area contributed by atoms with Crippen LogP contribution in [0.5, 0.6) is 0 Å². The van der Waals surface area contributed by atoms with Gasteiger partial charge in [0, 0.05) is 36.0 Å². The Morgan fingerprint density at radius 2 is 1.97 bits per heavy atom. The Morgan fingerprint density at radius 1 is 1.16 bits per heavy atom. The summed E-state index contributed by atoms with van der Waals surface area (Å²) in [6.07, 6.45) is 8.83. The van der Waals surface area contributed by atoms with Crippen molar-refractivity contribution in [2.24, 2.45) is 7.05 Å². The average Bonchev–Trinajstić information content (AvgIpc) is 3.31. The fourth-order valence-corrected chi connectivity index (χ4v) is 5.86. The van der Waals surface area contributed by atoms with Crippen molar-refractivity contribution in [3.63, 3.8) is 0 Å². The minimum absolute atomic E-state index is 0.229. The molecule has 7 heteroatoms. The van der Waals surface area contributed by atoms with E-state index in [0.29, 0.717) is 16.8 Å². The number of hydrogen-bond acceptors (Lipinski definition) is 3. The van der Waals surface area contributed by atoms with Crippen LogP contribution in [0.3, 0.4) is 0 Å². The minimum Gasteiger partial charge on any atom is -0.372 e. The highest BCUT2D eigenvalue weighted by molar-refractivity contribution is 7.97. The Labute approximate surface area is 183 Å². The van der Waals surface area contributed by atoms with E-state index in [-0.39, 0.29) is 17.2 Å². The summed E-state index contributed by atoms with van der Waals surface area (Å²) in [5.74, 6) is -0.641. The molecule has 4 nitrogen and oxygen atoms in total. The first kappa shape index (κ1) is 18.9. The van der Waals surface area contributed by atoms with Crippen molar-refractivity contribution in [3.8, 4) is 22.4 Å². The zero-order chi connectivity index (χ0) is 21.5. The number of aromatic nitrogens is 3. The molecule has 1 fully saturated rings. The molecule has 0 radical (unpaired) electrons. The summed E-state index contributed by atoms with van der Waals surface area (Å²) in [4.78, 5) is 0. The summed E-state index contributed by atoms with van der Waals surface area (Å²) in [6, 6.07) is 6.56. The SMILES string of the molecule is CSn1ccc2c(-c3cc(F)c4c(c3C)-c3c(cnn3C)C3(CCC3)N4)cc(F)cc21. The quantitative estimate of drug-likeness (QED) is 0.405. The standard InChI is InChI=1S/C24H22F2N4S/c1-13-16(17-9-14(25)10-20-15(17)5-8-30(20)31-3)11-19(26)22-21(13)23-18(12-27-29(23)2)24(28-22)6-4-7-24/h5,8-12,28H,4,6-7H2,1-3H3. The van der Waals surface area contributed by atoms with E-state index in [2.05, 4.69) is 10.4 Å². The van der Waals surface area contributed by atoms with Gasteiger partial charge in [-0.15, -0.1) is 0 Å². The normalized spacial score (nSPS) is 16.2. The highest BCUT2D eigenvalue weighted by Crippen LogP contribution is 2.55. The van der Waals surface area contributed by atoms with Gasteiger partial charge in [0.05, 0.1) is 28.6 Å². The highest BCUT2D eigenvalue weighted by Gasteiger charge is 2.46. The summed E-state index contributed by atoms with van der Waals surface area (Å²) in [6.45, 7) is 1.99. The van der Waals surface area contributed by atoms with Crippen LogP contribution in [0, 0.1) is 18.6 Å². The van der Waals surface area contributed by atoms with Gasteiger partial charge in [0.2, 0.25) is 0 Å². The van der Waals surface area contributed by atoms with E-state index < -0.39 is 0 Å².